The SMILES string of the molecule is O=C(Cn1nc2nc(Nc3ccc(F)cc3)ccn2c1=O)N1CCCc2ccccc21. The van der Waals surface area contributed by atoms with E-state index in [9.17, 15) is 14.0 Å². The Hall–Kier alpha value is -4.01. The Morgan fingerprint density at radius 2 is 1.90 bits per heavy atom. The summed E-state index contributed by atoms with van der Waals surface area (Å²) < 4.78 is 15.5. The lowest BCUT2D eigenvalue weighted by Gasteiger charge is -2.29. The summed E-state index contributed by atoms with van der Waals surface area (Å²) >= 11 is 0. The van der Waals surface area contributed by atoms with E-state index in [1.54, 1.807) is 29.3 Å². The molecule has 4 aromatic rings. The van der Waals surface area contributed by atoms with Gasteiger partial charge in [-0.05, 0) is 54.8 Å². The lowest BCUT2D eigenvalue weighted by Crippen LogP contribution is -2.39. The lowest BCUT2D eigenvalue weighted by molar-refractivity contribution is -0.119. The highest BCUT2D eigenvalue weighted by Crippen LogP contribution is 2.26. The first kappa shape index (κ1) is 19.0. The molecule has 0 spiro atoms. The number of carbonyl (C=O) groups excluding carboxylic acids is 1. The number of hydrogen-bond acceptors (Lipinski definition) is 5. The molecule has 9 heteroatoms. The Balaban J connectivity index is 1.39. The van der Waals surface area contributed by atoms with E-state index < -0.39 is 5.69 Å². The Labute approximate surface area is 176 Å². The van der Waals surface area contributed by atoms with Gasteiger partial charge in [-0.15, -0.1) is 5.10 Å². The van der Waals surface area contributed by atoms with Gasteiger partial charge in [0, 0.05) is 24.1 Å². The van der Waals surface area contributed by atoms with E-state index in [4.69, 9.17) is 0 Å². The normalized spacial score (nSPS) is 13.3. The van der Waals surface area contributed by atoms with Crippen LogP contribution in [0.2, 0.25) is 0 Å². The molecule has 3 heterocycles. The van der Waals surface area contributed by atoms with Crippen molar-refractivity contribution in [2.45, 2.75) is 19.4 Å². The van der Waals surface area contributed by atoms with Crippen LogP contribution in [0.5, 0.6) is 0 Å². The molecule has 1 aliphatic rings. The highest BCUT2D eigenvalue weighted by molar-refractivity contribution is 5.94. The standard InChI is InChI=1S/C22H19FN6O2/c23-16-7-9-17(10-8-16)24-19-11-13-28-21(25-19)26-29(22(28)31)14-20(30)27-12-3-5-15-4-1-2-6-18(15)27/h1-2,4,6-11,13H,3,5,12,14H2,(H,24,25,26). The lowest BCUT2D eigenvalue weighted by atomic mass is 10.0. The number of benzene rings is 2. The highest BCUT2D eigenvalue weighted by atomic mass is 19.1. The molecule has 31 heavy (non-hydrogen) atoms. The van der Waals surface area contributed by atoms with Crippen LogP contribution < -0.4 is 15.9 Å². The van der Waals surface area contributed by atoms with E-state index in [1.807, 2.05) is 24.3 Å². The number of carbonyl (C=O) groups is 1. The van der Waals surface area contributed by atoms with Crippen LogP contribution in [0.25, 0.3) is 5.78 Å². The molecule has 0 fully saturated rings. The summed E-state index contributed by atoms with van der Waals surface area (Å²) in [5.74, 6) is 0.0964. The van der Waals surface area contributed by atoms with Gasteiger partial charge in [0.2, 0.25) is 5.91 Å². The van der Waals surface area contributed by atoms with Gasteiger partial charge in [-0.25, -0.2) is 18.3 Å². The van der Waals surface area contributed by atoms with Gasteiger partial charge in [0.05, 0.1) is 0 Å². The average molecular weight is 418 g/mol. The summed E-state index contributed by atoms with van der Waals surface area (Å²) in [6, 6.07) is 15.3. The summed E-state index contributed by atoms with van der Waals surface area (Å²) in [6.45, 7) is 0.444. The van der Waals surface area contributed by atoms with E-state index in [2.05, 4.69) is 15.4 Å². The predicted octanol–water partition coefficient (Wildman–Crippen LogP) is 2.75. The van der Waals surface area contributed by atoms with Crippen molar-refractivity contribution in [3.8, 4) is 0 Å². The molecule has 0 saturated heterocycles. The minimum absolute atomic E-state index is 0.169. The van der Waals surface area contributed by atoms with E-state index in [0.717, 1.165) is 28.8 Å². The number of aryl methyl sites for hydroxylation is 1. The average Bonchev–Trinajstić information content (AvgIpc) is 3.09. The molecule has 8 nitrogen and oxygen atoms in total. The molecule has 0 radical (unpaired) electrons. The van der Waals surface area contributed by atoms with Crippen molar-refractivity contribution in [3.63, 3.8) is 0 Å². The van der Waals surface area contributed by atoms with Crippen LogP contribution in [0.1, 0.15) is 12.0 Å². The molecule has 1 amide bonds. The van der Waals surface area contributed by atoms with Crippen LogP contribution >= 0.6 is 0 Å². The van der Waals surface area contributed by atoms with Crippen LogP contribution in [0, 0.1) is 5.82 Å². The third-order valence-electron chi connectivity index (χ3n) is 5.27. The summed E-state index contributed by atoms with van der Waals surface area (Å²) in [4.78, 5) is 31.7. The Morgan fingerprint density at radius 1 is 1.10 bits per heavy atom. The van der Waals surface area contributed by atoms with Gasteiger partial charge in [-0.1, -0.05) is 18.2 Å². The number of fused-ring (bicyclic) bond motifs is 2. The van der Waals surface area contributed by atoms with Crippen molar-refractivity contribution in [1.82, 2.24) is 19.2 Å². The molecule has 0 saturated carbocycles. The molecule has 0 aliphatic carbocycles. The minimum Gasteiger partial charge on any atom is -0.340 e. The van der Waals surface area contributed by atoms with Gasteiger partial charge in [0.25, 0.3) is 5.78 Å². The second-order valence-electron chi connectivity index (χ2n) is 7.33. The number of aromatic nitrogens is 4. The quantitative estimate of drug-likeness (QED) is 0.551. The first-order valence-corrected chi connectivity index (χ1v) is 9.95. The topological polar surface area (TPSA) is 84.5 Å². The zero-order chi connectivity index (χ0) is 21.4. The Bertz CT molecular complexity index is 1330. The van der Waals surface area contributed by atoms with E-state index in [-0.39, 0.29) is 24.0 Å². The highest BCUT2D eigenvalue weighted by Gasteiger charge is 2.23. The van der Waals surface area contributed by atoms with E-state index in [1.165, 1.54) is 16.5 Å². The van der Waals surface area contributed by atoms with Crippen molar-refractivity contribution in [1.29, 1.82) is 0 Å². The molecule has 2 aromatic carbocycles. The summed E-state index contributed by atoms with van der Waals surface area (Å²) in [6.07, 6.45) is 3.35. The van der Waals surface area contributed by atoms with Crippen molar-refractivity contribution >= 4 is 28.9 Å². The number of amides is 1. The van der Waals surface area contributed by atoms with Gasteiger partial charge in [0.1, 0.15) is 18.2 Å². The van der Waals surface area contributed by atoms with Crippen molar-refractivity contribution in [2.75, 3.05) is 16.8 Å². The number of hydrogen-bond donors (Lipinski definition) is 1. The fourth-order valence-electron chi connectivity index (χ4n) is 3.77. The smallest absolute Gasteiger partial charge is 0.340 e. The molecule has 0 atom stereocenters. The first-order chi connectivity index (χ1) is 15.1. The van der Waals surface area contributed by atoms with E-state index in [0.29, 0.717) is 18.1 Å². The van der Waals surface area contributed by atoms with Crippen LogP contribution in [0.15, 0.2) is 65.6 Å². The third kappa shape index (κ3) is 3.65. The number of para-hydroxylation sites is 1. The summed E-state index contributed by atoms with van der Waals surface area (Å²) in [7, 11) is 0. The van der Waals surface area contributed by atoms with Gasteiger partial charge in [-0.2, -0.15) is 4.98 Å². The largest absolute Gasteiger partial charge is 0.352 e. The monoisotopic (exact) mass is 418 g/mol. The van der Waals surface area contributed by atoms with Crippen molar-refractivity contribution in [3.05, 3.63) is 82.7 Å². The number of anilines is 3. The minimum atomic E-state index is -0.436. The van der Waals surface area contributed by atoms with Gasteiger partial charge >= 0.3 is 5.69 Å². The molecule has 2 aromatic heterocycles. The predicted molar refractivity (Wildman–Crippen MR) is 114 cm³/mol. The number of nitrogens with one attached hydrogen (secondary N) is 1. The molecule has 0 unspecified atom stereocenters. The summed E-state index contributed by atoms with van der Waals surface area (Å²) in [5, 5.41) is 7.27. The zero-order valence-corrected chi connectivity index (χ0v) is 16.5. The van der Waals surface area contributed by atoms with Crippen LogP contribution in [-0.2, 0) is 17.8 Å². The summed E-state index contributed by atoms with van der Waals surface area (Å²) in [5.41, 5.74) is 2.23. The molecule has 156 valence electrons. The first-order valence-electron chi connectivity index (χ1n) is 9.95. The van der Waals surface area contributed by atoms with Crippen LogP contribution in [0.3, 0.4) is 0 Å². The number of rotatable bonds is 4. The molecule has 0 bridgehead atoms. The van der Waals surface area contributed by atoms with Gasteiger partial charge < -0.3 is 10.2 Å². The maximum atomic E-state index is 13.1. The molecular weight excluding hydrogens is 399 g/mol. The Morgan fingerprint density at radius 3 is 2.74 bits per heavy atom. The molecular formula is C22H19FN6O2. The zero-order valence-electron chi connectivity index (χ0n) is 16.5. The third-order valence-corrected chi connectivity index (χ3v) is 5.27. The fourth-order valence-corrected chi connectivity index (χ4v) is 3.77. The molecule has 5 rings (SSSR count). The Kier molecular flexibility index (Phi) is 4.70. The fraction of sp³-hybridized carbons (Fsp3) is 0.182. The maximum absolute atomic E-state index is 13.1. The molecule has 1 N–H and O–H groups in total. The van der Waals surface area contributed by atoms with Crippen molar-refractivity contribution < 1.29 is 9.18 Å². The van der Waals surface area contributed by atoms with Crippen LogP contribution in [0.4, 0.5) is 21.6 Å². The van der Waals surface area contributed by atoms with E-state index >= 15 is 0 Å². The van der Waals surface area contributed by atoms with Crippen molar-refractivity contribution in [2.24, 2.45) is 0 Å². The maximum Gasteiger partial charge on any atom is 0.352 e. The number of nitrogens with zero attached hydrogens (tertiary/aromatic N) is 5. The second-order valence-corrected chi connectivity index (χ2v) is 7.33. The van der Waals surface area contributed by atoms with Crippen LogP contribution in [-0.4, -0.2) is 31.6 Å². The second kappa shape index (κ2) is 7.67. The number of halogens is 1. The van der Waals surface area contributed by atoms with Gasteiger partial charge in [0.15, 0.2) is 0 Å². The molecule has 1 aliphatic heterocycles. The van der Waals surface area contributed by atoms with Gasteiger partial charge in [-0.3, -0.25) is 4.79 Å².